The zero-order valence-electron chi connectivity index (χ0n) is 16.7. The normalized spacial score (nSPS) is 19.0. The number of carbonyl (C=O) groups excluding carboxylic acids is 1. The summed E-state index contributed by atoms with van der Waals surface area (Å²) in [4.78, 5) is 23.1. The number of benzene rings is 2. The van der Waals surface area contributed by atoms with Crippen molar-refractivity contribution >= 4 is 34.8 Å². The molecule has 31 heavy (non-hydrogen) atoms. The number of amides is 1. The molecule has 3 rings (SSSR count). The molecule has 1 saturated heterocycles. The Morgan fingerprint density at radius 2 is 2.06 bits per heavy atom. The highest BCUT2D eigenvalue weighted by Crippen LogP contribution is 2.36. The third-order valence-electron chi connectivity index (χ3n) is 4.27. The molecule has 1 heterocycles. The van der Waals surface area contributed by atoms with Crippen molar-refractivity contribution in [1.29, 1.82) is 0 Å². The molecule has 2 aromatic rings. The maximum Gasteiger partial charge on any atom is 0.311 e. The van der Waals surface area contributed by atoms with Crippen LogP contribution in [0.15, 0.2) is 36.4 Å². The predicted molar refractivity (Wildman–Crippen MR) is 113 cm³/mol. The van der Waals surface area contributed by atoms with Gasteiger partial charge in [0, 0.05) is 17.2 Å². The standard InChI is InChI=1S/C20H20Cl2N2O7/c1-11-10-28-19(29-11)9-23-20(25)12(2)30-18-8-14(4-5-16(18)24(26)27)31-17-6-3-13(21)7-15(17)22/h3-8,11-12,19H,9-10H2,1-2H3,(H,23,25). The average Bonchev–Trinajstić information content (AvgIpc) is 3.13. The Hall–Kier alpha value is -2.59. The van der Waals surface area contributed by atoms with Gasteiger partial charge in [-0.15, -0.1) is 0 Å². The van der Waals surface area contributed by atoms with Crippen LogP contribution >= 0.6 is 23.2 Å². The summed E-state index contributed by atoms with van der Waals surface area (Å²) < 4.78 is 22.0. The van der Waals surface area contributed by atoms with E-state index in [0.29, 0.717) is 17.4 Å². The van der Waals surface area contributed by atoms with Gasteiger partial charge in [-0.2, -0.15) is 0 Å². The number of nitro benzene ring substituents is 1. The van der Waals surface area contributed by atoms with Crippen molar-refractivity contribution < 1.29 is 28.7 Å². The zero-order chi connectivity index (χ0) is 22.5. The van der Waals surface area contributed by atoms with E-state index in [-0.39, 0.29) is 34.9 Å². The Morgan fingerprint density at radius 3 is 2.71 bits per heavy atom. The van der Waals surface area contributed by atoms with Crippen molar-refractivity contribution in [3.8, 4) is 17.2 Å². The topological polar surface area (TPSA) is 109 Å². The van der Waals surface area contributed by atoms with Crippen molar-refractivity contribution in [1.82, 2.24) is 5.32 Å². The van der Waals surface area contributed by atoms with Crippen LogP contribution in [0.25, 0.3) is 0 Å². The lowest BCUT2D eigenvalue weighted by Gasteiger charge is -2.17. The molecular formula is C20H20Cl2N2O7. The van der Waals surface area contributed by atoms with Crippen molar-refractivity contribution in [3.63, 3.8) is 0 Å². The maximum absolute atomic E-state index is 12.3. The zero-order valence-corrected chi connectivity index (χ0v) is 18.2. The second-order valence-electron chi connectivity index (χ2n) is 6.78. The number of nitrogens with zero attached hydrogens (tertiary/aromatic N) is 1. The molecule has 1 fully saturated rings. The van der Waals surface area contributed by atoms with E-state index in [9.17, 15) is 14.9 Å². The molecule has 1 aliphatic heterocycles. The Balaban J connectivity index is 1.69. The number of hydrogen-bond acceptors (Lipinski definition) is 7. The number of nitrogens with one attached hydrogen (secondary N) is 1. The molecule has 0 spiro atoms. The smallest absolute Gasteiger partial charge is 0.311 e. The van der Waals surface area contributed by atoms with Gasteiger partial charge in [0.25, 0.3) is 5.91 Å². The molecule has 2 aromatic carbocycles. The van der Waals surface area contributed by atoms with Crippen LogP contribution in [0.3, 0.4) is 0 Å². The largest absolute Gasteiger partial charge is 0.474 e. The first kappa shape index (κ1) is 23.1. The minimum atomic E-state index is -1.02. The molecule has 0 aliphatic carbocycles. The van der Waals surface area contributed by atoms with E-state index in [1.165, 1.54) is 31.2 Å². The summed E-state index contributed by atoms with van der Waals surface area (Å²) in [5.41, 5.74) is -0.314. The van der Waals surface area contributed by atoms with Crippen LogP contribution in [-0.4, -0.2) is 42.5 Å². The highest BCUT2D eigenvalue weighted by atomic mass is 35.5. The number of rotatable bonds is 8. The van der Waals surface area contributed by atoms with Crippen LogP contribution in [0, 0.1) is 10.1 Å². The maximum atomic E-state index is 12.3. The second kappa shape index (κ2) is 10.1. The monoisotopic (exact) mass is 470 g/mol. The van der Waals surface area contributed by atoms with Crippen molar-refractivity contribution in [2.45, 2.75) is 32.3 Å². The summed E-state index contributed by atoms with van der Waals surface area (Å²) in [6, 6.07) is 8.61. The fraction of sp³-hybridized carbons (Fsp3) is 0.350. The van der Waals surface area contributed by atoms with Crippen LogP contribution in [0.2, 0.25) is 10.0 Å². The fourth-order valence-corrected chi connectivity index (χ4v) is 3.19. The first-order valence-corrected chi connectivity index (χ1v) is 10.1. The van der Waals surface area contributed by atoms with Crippen LogP contribution in [0.4, 0.5) is 5.69 Å². The fourth-order valence-electron chi connectivity index (χ4n) is 2.75. The minimum absolute atomic E-state index is 0.0462. The molecule has 0 saturated carbocycles. The van der Waals surface area contributed by atoms with Gasteiger partial charge in [-0.3, -0.25) is 14.9 Å². The van der Waals surface area contributed by atoms with Crippen molar-refractivity contribution in [3.05, 3.63) is 56.6 Å². The Kier molecular flexibility index (Phi) is 7.55. The van der Waals surface area contributed by atoms with E-state index in [0.717, 1.165) is 0 Å². The molecule has 1 amide bonds. The van der Waals surface area contributed by atoms with E-state index in [4.69, 9.17) is 42.1 Å². The third-order valence-corrected chi connectivity index (χ3v) is 4.80. The highest BCUT2D eigenvalue weighted by Gasteiger charge is 2.26. The van der Waals surface area contributed by atoms with E-state index in [2.05, 4.69) is 5.32 Å². The second-order valence-corrected chi connectivity index (χ2v) is 7.62. The SMILES string of the molecule is CC1COC(CNC(=O)C(C)Oc2cc(Oc3ccc(Cl)cc3Cl)ccc2[N+](=O)[O-])O1. The number of nitro groups is 1. The minimum Gasteiger partial charge on any atom is -0.474 e. The predicted octanol–water partition coefficient (Wildman–Crippen LogP) is 4.34. The summed E-state index contributed by atoms with van der Waals surface area (Å²) in [7, 11) is 0. The van der Waals surface area contributed by atoms with E-state index < -0.39 is 23.2 Å². The van der Waals surface area contributed by atoms with Gasteiger partial charge >= 0.3 is 5.69 Å². The lowest BCUT2D eigenvalue weighted by molar-refractivity contribution is -0.386. The van der Waals surface area contributed by atoms with Gasteiger partial charge in [-0.05, 0) is 38.1 Å². The van der Waals surface area contributed by atoms with Gasteiger partial charge < -0.3 is 24.3 Å². The van der Waals surface area contributed by atoms with E-state index >= 15 is 0 Å². The summed E-state index contributed by atoms with van der Waals surface area (Å²) in [5, 5.41) is 14.7. The Bertz CT molecular complexity index is 973. The molecule has 0 aromatic heterocycles. The molecule has 1 aliphatic rings. The molecule has 11 heteroatoms. The van der Waals surface area contributed by atoms with E-state index in [1.54, 1.807) is 12.1 Å². The highest BCUT2D eigenvalue weighted by molar-refractivity contribution is 6.35. The quantitative estimate of drug-likeness (QED) is 0.451. The lowest BCUT2D eigenvalue weighted by Crippen LogP contribution is -2.40. The lowest BCUT2D eigenvalue weighted by atomic mass is 10.2. The van der Waals surface area contributed by atoms with Crippen LogP contribution in [-0.2, 0) is 14.3 Å². The van der Waals surface area contributed by atoms with Crippen LogP contribution in [0.5, 0.6) is 17.2 Å². The molecule has 0 radical (unpaired) electrons. The number of hydrogen-bond donors (Lipinski definition) is 1. The molecule has 9 nitrogen and oxygen atoms in total. The summed E-state index contributed by atoms with van der Waals surface area (Å²) in [5.74, 6) is -0.0630. The average molecular weight is 471 g/mol. The molecule has 3 atom stereocenters. The summed E-state index contributed by atoms with van der Waals surface area (Å²) >= 11 is 12.0. The first-order chi connectivity index (χ1) is 14.7. The van der Waals surface area contributed by atoms with Gasteiger partial charge in [0.2, 0.25) is 5.75 Å². The molecular weight excluding hydrogens is 451 g/mol. The van der Waals surface area contributed by atoms with Gasteiger partial charge in [0.05, 0.1) is 29.2 Å². The van der Waals surface area contributed by atoms with Crippen molar-refractivity contribution in [2.75, 3.05) is 13.2 Å². The van der Waals surface area contributed by atoms with Gasteiger partial charge in [0.15, 0.2) is 12.4 Å². The number of carbonyl (C=O) groups is 1. The molecule has 1 N–H and O–H groups in total. The molecule has 0 bridgehead atoms. The number of ether oxygens (including phenoxy) is 4. The van der Waals surface area contributed by atoms with Gasteiger partial charge in [-0.1, -0.05) is 23.2 Å². The van der Waals surface area contributed by atoms with Crippen LogP contribution < -0.4 is 14.8 Å². The molecule has 166 valence electrons. The Morgan fingerprint density at radius 1 is 1.29 bits per heavy atom. The van der Waals surface area contributed by atoms with Crippen molar-refractivity contribution in [2.24, 2.45) is 0 Å². The molecule has 3 unspecified atom stereocenters. The third kappa shape index (κ3) is 6.20. The summed E-state index contributed by atoms with van der Waals surface area (Å²) in [6.45, 7) is 3.92. The van der Waals surface area contributed by atoms with E-state index in [1.807, 2.05) is 6.92 Å². The summed E-state index contributed by atoms with van der Waals surface area (Å²) in [6.07, 6.45) is -1.61. The van der Waals surface area contributed by atoms with Gasteiger partial charge in [-0.25, -0.2) is 0 Å². The van der Waals surface area contributed by atoms with Crippen LogP contribution in [0.1, 0.15) is 13.8 Å². The number of halogens is 2. The Labute approximate surface area is 188 Å². The first-order valence-electron chi connectivity index (χ1n) is 9.35. The van der Waals surface area contributed by atoms with Gasteiger partial charge in [0.1, 0.15) is 11.5 Å².